The van der Waals surface area contributed by atoms with Crippen LogP contribution in [0.2, 0.25) is 0 Å². The van der Waals surface area contributed by atoms with Gasteiger partial charge in [0.1, 0.15) is 5.75 Å². The lowest BCUT2D eigenvalue weighted by Crippen LogP contribution is -2.36. The third-order valence-corrected chi connectivity index (χ3v) is 4.50. The van der Waals surface area contributed by atoms with E-state index in [1.807, 2.05) is 19.9 Å². The Morgan fingerprint density at radius 3 is 2.65 bits per heavy atom. The molecule has 3 rings (SSSR count). The molecule has 0 aliphatic heterocycles. The fourth-order valence-electron chi connectivity index (χ4n) is 2.76. The lowest BCUT2D eigenvalue weighted by Gasteiger charge is -2.12. The SMILES string of the molecule is CCC(C)NC(=O)n1nc(-c2ccc(NC(C)=O)cc2O)cc1C1CC1. The number of benzene rings is 1. The van der Waals surface area contributed by atoms with E-state index in [1.54, 1.807) is 12.1 Å². The molecule has 138 valence electrons. The number of nitrogens with one attached hydrogen (secondary N) is 2. The first-order chi connectivity index (χ1) is 12.4. The summed E-state index contributed by atoms with van der Waals surface area (Å²) in [5, 5.41) is 20.3. The lowest BCUT2D eigenvalue weighted by atomic mass is 10.1. The first kappa shape index (κ1) is 18.0. The summed E-state index contributed by atoms with van der Waals surface area (Å²) in [5.41, 5.74) is 2.44. The molecule has 2 aromatic rings. The summed E-state index contributed by atoms with van der Waals surface area (Å²) in [6.07, 6.45) is 2.91. The third kappa shape index (κ3) is 3.87. The van der Waals surface area contributed by atoms with Crippen LogP contribution < -0.4 is 10.6 Å². The quantitative estimate of drug-likeness (QED) is 0.764. The number of hydrogen-bond acceptors (Lipinski definition) is 4. The summed E-state index contributed by atoms with van der Waals surface area (Å²) in [6, 6.07) is 6.55. The van der Waals surface area contributed by atoms with Gasteiger partial charge < -0.3 is 15.7 Å². The first-order valence-corrected chi connectivity index (χ1v) is 8.90. The molecule has 1 unspecified atom stereocenters. The van der Waals surface area contributed by atoms with Gasteiger partial charge in [-0.1, -0.05) is 6.92 Å². The number of carbonyl (C=O) groups is 2. The van der Waals surface area contributed by atoms with Crippen molar-refractivity contribution in [1.29, 1.82) is 0 Å². The molecule has 7 heteroatoms. The molecule has 2 amide bonds. The van der Waals surface area contributed by atoms with Gasteiger partial charge in [-0.2, -0.15) is 9.78 Å². The van der Waals surface area contributed by atoms with Crippen molar-refractivity contribution in [2.45, 2.75) is 52.0 Å². The zero-order valence-corrected chi connectivity index (χ0v) is 15.2. The molecule has 0 radical (unpaired) electrons. The molecule has 1 aliphatic carbocycles. The maximum Gasteiger partial charge on any atom is 0.342 e. The Bertz CT molecular complexity index is 839. The monoisotopic (exact) mass is 356 g/mol. The molecular formula is C19H24N4O3. The van der Waals surface area contributed by atoms with Crippen molar-refractivity contribution < 1.29 is 14.7 Å². The minimum absolute atomic E-state index is 0.00517. The Morgan fingerprint density at radius 2 is 2.08 bits per heavy atom. The van der Waals surface area contributed by atoms with Gasteiger partial charge in [-0.15, -0.1) is 0 Å². The van der Waals surface area contributed by atoms with E-state index >= 15 is 0 Å². The van der Waals surface area contributed by atoms with Crippen LogP contribution in [0, 0.1) is 0 Å². The molecule has 0 bridgehead atoms. The van der Waals surface area contributed by atoms with Gasteiger partial charge in [-0.05, 0) is 44.4 Å². The molecular weight excluding hydrogens is 332 g/mol. The molecule has 1 aromatic carbocycles. The summed E-state index contributed by atoms with van der Waals surface area (Å²) in [7, 11) is 0. The van der Waals surface area contributed by atoms with Crippen molar-refractivity contribution in [3.05, 3.63) is 30.0 Å². The Hall–Kier alpha value is -2.83. The number of rotatable bonds is 5. The number of aromatic nitrogens is 2. The highest BCUT2D eigenvalue weighted by atomic mass is 16.3. The highest BCUT2D eigenvalue weighted by molar-refractivity contribution is 5.89. The topological polar surface area (TPSA) is 96.3 Å². The lowest BCUT2D eigenvalue weighted by molar-refractivity contribution is -0.114. The second-order valence-corrected chi connectivity index (χ2v) is 6.81. The average Bonchev–Trinajstić information content (AvgIpc) is 3.33. The van der Waals surface area contributed by atoms with Crippen molar-refractivity contribution in [3.8, 4) is 17.0 Å². The minimum Gasteiger partial charge on any atom is -0.507 e. The standard InChI is InChI=1S/C19H24N4O3/c1-4-11(2)20-19(26)23-17(13-5-6-13)10-16(22-23)15-8-7-14(9-18(15)25)21-12(3)24/h7-11,13,25H,4-6H2,1-3H3,(H,20,26)(H,21,24). The molecule has 1 aliphatic rings. The van der Waals surface area contributed by atoms with E-state index in [9.17, 15) is 14.7 Å². The first-order valence-electron chi connectivity index (χ1n) is 8.90. The van der Waals surface area contributed by atoms with Crippen LogP contribution in [0.3, 0.4) is 0 Å². The number of phenolic OH excluding ortho intramolecular Hbond substituents is 1. The van der Waals surface area contributed by atoms with Crippen LogP contribution in [0.5, 0.6) is 5.75 Å². The summed E-state index contributed by atoms with van der Waals surface area (Å²) in [6.45, 7) is 5.37. The van der Waals surface area contributed by atoms with Gasteiger partial charge in [0, 0.05) is 36.2 Å². The van der Waals surface area contributed by atoms with Crippen molar-refractivity contribution in [2.24, 2.45) is 0 Å². The number of aromatic hydroxyl groups is 1. The maximum atomic E-state index is 12.6. The van der Waals surface area contributed by atoms with Crippen LogP contribution in [-0.4, -0.2) is 32.9 Å². The number of phenols is 1. The van der Waals surface area contributed by atoms with Gasteiger partial charge in [0.25, 0.3) is 0 Å². The zero-order chi connectivity index (χ0) is 18.8. The fraction of sp³-hybridized carbons (Fsp3) is 0.421. The predicted molar refractivity (Wildman–Crippen MR) is 99.3 cm³/mol. The van der Waals surface area contributed by atoms with Crippen LogP contribution >= 0.6 is 0 Å². The fourth-order valence-corrected chi connectivity index (χ4v) is 2.76. The van der Waals surface area contributed by atoms with Crippen LogP contribution in [0.25, 0.3) is 11.3 Å². The number of anilines is 1. The van der Waals surface area contributed by atoms with Gasteiger partial charge in [-0.3, -0.25) is 4.79 Å². The van der Waals surface area contributed by atoms with Crippen molar-refractivity contribution in [2.75, 3.05) is 5.32 Å². The predicted octanol–water partition coefficient (Wildman–Crippen LogP) is 3.45. The summed E-state index contributed by atoms with van der Waals surface area (Å²) in [4.78, 5) is 23.7. The summed E-state index contributed by atoms with van der Waals surface area (Å²) < 4.78 is 1.42. The van der Waals surface area contributed by atoms with E-state index in [1.165, 1.54) is 17.7 Å². The Balaban J connectivity index is 1.92. The summed E-state index contributed by atoms with van der Waals surface area (Å²) in [5.74, 6) is 0.129. The van der Waals surface area contributed by atoms with Crippen molar-refractivity contribution >= 4 is 17.6 Å². The third-order valence-electron chi connectivity index (χ3n) is 4.50. The van der Waals surface area contributed by atoms with Crippen LogP contribution in [0.15, 0.2) is 24.3 Å². The second kappa shape index (κ2) is 7.19. The average molecular weight is 356 g/mol. The van der Waals surface area contributed by atoms with E-state index in [2.05, 4.69) is 15.7 Å². The maximum absolute atomic E-state index is 12.6. The normalized spacial score (nSPS) is 14.7. The van der Waals surface area contributed by atoms with E-state index < -0.39 is 0 Å². The molecule has 7 nitrogen and oxygen atoms in total. The molecule has 26 heavy (non-hydrogen) atoms. The van der Waals surface area contributed by atoms with E-state index in [4.69, 9.17) is 0 Å². The van der Waals surface area contributed by atoms with Gasteiger partial charge >= 0.3 is 6.03 Å². The Kier molecular flexibility index (Phi) is 4.97. The molecule has 1 aromatic heterocycles. The Morgan fingerprint density at radius 1 is 1.35 bits per heavy atom. The highest BCUT2D eigenvalue weighted by Gasteiger charge is 2.31. The Labute approximate surface area is 152 Å². The number of hydrogen-bond donors (Lipinski definition) is 3. The molecule has 1 atom stereocenters. The van der Waals surface area contributed by atoms with Gasteiger partial charge in [0.2, 0.25) is 5.91 Å². The minimum atomic E-state index is -0.248. The van der Waals surface area contributed by atoms with Gasteiger partial charge in [-0.25, -0.2) is 4.79 Å². The van der Waals surface area contributed by atoms with Gasteiger partial charge in [0.15, 0.2) is 0 Å². The van der Waals surface area contributed by atoms with E-state index in [0.717, 1.165) is 25.0 Å². The van der Waals surface area contributed by atoms with Crippen molar-refractivity contribution in [3.63, 3.8) is 0 Å². The zero-order valence-electron chi connectivity index (χ0n) is 15.2. The number of amides is 2. The van der Waals surface area contributed by atoms with Crippen molar-refractivity contribution in [1.82, 2.24) is 15.1 Å². The highest BCUT2D eigenvalue weighted by Crippen LogP contribution is 2.42. The summed E-state index contributed by atoms with van der Waals surface area (Å²) >= 11 is 0. The molecule has 0 saturated heterocycles. The van der Waals surface area contributed by atoms with Crippen LogP contribution in [0.4, 0.5) is 10.5 Å². The molecule has 1 fully saturated rings. The largest absolute Gasteiger partial charge is 0.507 e. The van der Waals surface area contributed by atoms with E-state index in [-0.39, 0.29) is 23.7 Å². The van der Waals surface area contributed by atoms with Gasteiger partial charge in [0.05, 0.1) is 11.4 Å². The van der Waals surface area contributed by atoms with Crippen LogP contribution in [-0.2, 0) is 4.79 Å². The second-order valence-electron chi connectivity index (χ2n) is 6.81. The van der Waals surface area contributed by atoms with E-state index in [0.29, 0.717) is 22.9 Å². The number of carbonyl (C=O) groups excluding carboxylic acids is 2. The van der Waals surface area contributed by atoms with Crippen LogP contribution in [0.1, 0.15) is 51.6 Å². The number of nitrogens with zero attached hydrogens (tertiary/aromatic N) is 2. The molecule has 0 spiro atoms. The molecule has 3 N–H and O–H groups in total. The molecule has 1 heterocycles. The molecule has 1 saturated carbocycles. The smallest absolute Gasteiger partial charge is 0.342 e.